The van der Waals surface area contributed by atoms with E-state index in [9.17, 15) is 9.59 Å². The van der Waals surface area contributed by atoms with Crippen LogP contribution in [0, 0.1) is 0 Å². The van der Waals surface area contributed by atoms with E-state index >= 15 is 0 Å². The summed E-state index contributed by atoms with van der Waals surface area (Å²) in [6.07, 6.45) is 1.44. The Morgan fingerprint density at radius 1 is 0.882 bits per heavy atom. The van der Waals surface area contributed by atoms with Gasteiger partial charge in [-0.1, -0.05) is 68.3 Å². The van der Waals surface area contributed by atoms with Gasteiger partial charge in [-0.2, -0.15) is 5.10 Å². The number of esters is 1. The molecule has 0 radical (unpaired) electrons. The second-order valence-corrected chi connectivity index (χ2v) is 9.08. The lowest BCUT2D eigenvalue weighted by molar-refractivity contribution is -0.119. The van der Waals surface area contributed by atoms with Crippen LogP contribution >= 0.6 is 31.9 Å². The summed E-state index contributed by atoms with van der Waals surface area (Å²) in [5, 5.41) is 9.29. The number of nitrogens with zero attached hydrogens (tertiary/aromatic N) is 1. The van der Waals surface area contributed by atoms with E-state index in [0.29, 0.717) is 16.9 Å². The summed E-state index contributed by atoms with van der Waals surface area (Å²) in [4.78, 5) is 24.8. The molecule has 34 heavy (non-hydrogen) atoms. The SMILES string of the molecule is O=C(CNc1cccc2ccccc12)N/N=C\c1cc(Br)ccc1OC(=O)c1ccc(Br)cc1. The highest BCUT2D eigenvalue weighted by Gasteiger charge is 2.12. The number of hydrogen-bond acceptors (Lipinski definition) is 5. The number of ether oxygens (including phenoxy) is 1. The zero-order chi connectivity index (χ0) is 23.9. The molecule has 0 saturated carbocycles. The molecule has 0 bridgehead atoms. The molecule has 0 spiro atoms. The summed E-state index contributed by atoms with van der Waals surface area (Å²) in [6, 6.07) is 25.9. The molecule has 2 N–H and O–H groups in total. The number of nitrogens with one attached hydrogen (secondary N) is 2. The highest BCUT2D eigenvalue weighted by Crippen LogP contribution is 2.24. The molecular formula is C26H19Br2N3O3. The van der Waals surface area contributed by atoms with Crippen LogP contribution in [-0.2, 0) is 4.79 Å². The molecule has 4 aromatic rings. The third kappa shape index (κ3) is 6.09. The van der Waals surface area contributed by atoms with Gasteiger partial charge in [0.1, 0.15) is 5.75 Å². The Balaban J connectivity index is 1.39. The normalized spacial score (nSPS) is 10.9. The van der Waals surface area contributed by atoms with Gasteiger partial charge < -0.3 is 10.1 Å². The quantitative estimate of drug-likeness (QED) is 0.119. The van der Waals surface area contributed by atoms with E-state index in [1.807, 2.05) is 42.5 Å². The fourth-order valence-electron chi connectivity index (χ4n) is 3.23. The maximum absolute atomic E-state index is 12.5. The van der Waals surface area contributed by atoms with E-state index < -0.39 is 5.97 Å². The fraction of sp³-hybridized carbons (Fsp3) is 0.0385. The highest BCUT2D eigenvalue weighted by molar-refractivity contribution is 9.10. The predicted molar refractivity (Wildman–Crippen MR) is 141 cm³/mol. The van der Waals surface area contributed by atoms with E-state index in [2.05, 4.69) is 47.7 Å². The van der Waals surface area contributed by atoms with Crippen LogP contribution < -0.4 is 15.5 Å². The zero-order valence-electron chi connectivity index (χ0n) is 17.8. The van der Waals surface area contributed by atoms with Crippen LogP contribution in [0.2, 0.25) is 0 Å². The Hall–Kier alpha value is -3.49. The van der Waals surface area contributed by atoms with Gasteiger partial charge in [-0.05, 0) is 53.9 Å². The molecule has 0 aliphatic heterocycles. The third-order valence-corrected chi connectivity index (χ3v) is 5.90. The Labute approximate surface area is 213 Å². The van der Waals surface area contributed by atoms with Crippen molar-refractivity contribution >= 4 is 66.4 Å². The van der Waals surface area contributed by atoms with Crippen molar-refractivity contribution in [2.45, 2.75) is 0 Å². The third-order valence-electron chi connectivity index (χ3n) is 4.88. The summed E-state index contributed by atoms with van der Waals surface area (Å²) in [5.41, 5.74) is 4.31. The van der Waals surface area contributed by atoms with Crippen molar-refractivity contribution in [3.63, 3.8) is 0 Å². The van der Waals surface area contributed by atoms with E-state index in [0.717, 1.165) is 25.4 Å². The second kappa shape index (κ2) is 11.1. The van der Waals surface area contributed by atoms with Gasteiger partial charge in [-0.15, -0.1) is 0 Å². The van der Waals surface area contributed by atoms with Crippen LogP contribution in [0.4, 0.5) is 5.69 Å². The van der Waals surface area contributed by atoms with Crippen LogP contribution in [-0.4, -0.2) is 24.6 Å². The van der Waals surface area contributed by atoms with Gasteiger partial charge in [-0.3, -0.25) is 4.79 Å². The van der Waals surface area contributed by atoms with Crippen molar-refractivity contribution in [3.8, 4) is 5.75 Å². The molecule has 4 rings (SSSR count). The molecule has 0 heterocycles. The standard InChI is InChI=1S/C26H19Br2N3O3/c27-20-10-8-18(9-11-20)26(33)34-24-13-12-21(28)14-19(24)15-30-31-25(32)16-29-23-7-3-5-17-4-1-2-6-22(17)23/h1-15,29H,16H2,(H,31,32)/b30-15-. The van der Waals surface area contributed by atoms with Gasteiger partial charge >= 0.3 is 5.97 Å². The Morgan fingerprint density at radius 2 is 1.62 bits per heavy atom. The number of hydrogen-bond donors (Lipinski definition) is 2. The topological polar surface area (TPSA) is 79.8 Å². The van der Waals surface area contributed by atoms with E-state index in [-0.39, 0.29) is 12.5 Å². The summed E-state index contributed by atoms with van der Waals surface area (Å²) < 4.78 is 7.18. The minimum Gasteiger partial charge on any atom is -0.422 e. The number of carbonyl (C=O) groups is 2. The number of hydrazone groups is 1. The lowest BCUT2D eigenvalue weighted by Crippen LogP contribution is -2.26. The van der Waals surface area contributed by atoms with Crippen molar-refractivity contribution in [1.29, 1.82) is 0 Å². The molecule has 8 heteroatoms. The number of benzene rings is 4. The Bertz CT molecular complexity index is 1370. The minimum atomic E-state index is -0.493. The van der Waals surface area contributed by atoms with Gasteiger partial charge in [0, 0.05) is 25.6 Å². The smallest absolute Gasteiger partial charge is 0.343 e. The number of halogens is 2. The van der Waals surface area contributed by atoms with Crippen LogP contribution in [0.3, 0.4) is 0 Å². The van der Waals surface area contributed by atoms with E-state index in [4.69, 9.17) is 4.74 Å². The predicted octanol–water partition coefficient (Wildman–Crippen LogP) is 6.15. The lowest BCUT2D eigenvalue weighted by Gasteiger charge is -2.09. The van der Waals surface area contributed by atoms with Gasteiger partial charge in [0.15, 0.2) is 0 Å². The van der Waals surface area contributed by atoms with Crippen molar-refractivity contribution in [2.24, 2.45) is 5.10 Å². The lowest BCUT2D eigenvalue weighted by atomic mass is 10.1. The van der Waals surface area contributed by atoms with Gasteiger partial charge in [0.05, 0.1) is 18.3 Å². The summed E-state index contributed by atoms with van der Waals surface area (Å²) in [7, 11) is 0. The molecule has 170 valence electrons. The molecule has 4 aromatic carbocycles. The van der Waals surface area contributed by atoms with Crippen LogP contribution in [0.1, 0.15) is 15.9 Å². The maximum Gasteiger partial charge on any atom is 0.343 e. The van der Waals surface area contributed by atoms with Crippen LogP contribution in [0.5, 0.6) is 5.75 Å². The molecule has 0 aliphatic rings. The molecule has 1 amide bonds. The first-order valence-corrected chi connectivity index (χ1v) is 11.9. The van der Waals surface area contributed by atoms with E-state index in [1.54, 1.807) is 42.5 Å². The van der Waals surface area contributed by atoms with Crippen molar-refractivity contribution in [3.05, 3.63) is 105 Å². The average Bonchev–Trinajstić information content (AvgIpc) is 2.84. The van der Waals surface area contributed by atoms with Gasteiger partial charge in [0.2, 0.25) is 0 Å². The largest absolute Gasteiger partial charge is 0.422 e. The first-order chi connectivity index (χ1) is 16.5. The van der Waals surface area contributed by atoms with Gasteiger partial charge in [-0.25, -0.2) is 10.2 Å². The molecule has 0 saturated heterocycles. The van der Waals surface area contributed by atoms with Crippen LogP contribution in [0.15, 0.2) is 99.0 Å². The molecule has 0 aliphatic carbocycles. The first kappa shape index (κ1) is 23.7. The van der Waals surface area contributed by atoms with Gasteiger partial charge in [0.25, 0.3) is 5.91 Å². The minimum absolute atomic E-state index is 0.0508. The number of rotatable bonds is 7. The van der Waals surface area contributed by atoms with Crippen molar-refractivity contribution in [2.75, 3.05) is 11.9 Å². The number of anilines is 1. The zero-order valence-corrected chi connectivity index (χ0v) is 21.0. The molecule has 6 nitrogen and oxygen atoms in total. The highest BCUT2D eigenvalue weighted by atomic mass is 79.9. The summed E-state index contributed by atoms with van der Waals surface area (Å²) in [5.74, 6) is -0.483. The summed E-state index contributed by atoms with van der Waals surface area (Å²) in [6.45, 7) is 0.0508. The van der Waals surface area contributed by atoms with Crippen LogP contribution in [0.25, 0.3) is 10.8 Å². The molecule has 0 atom stereocenters. The number of carbonyl (C=O) groups excluding carboxylic acids is 2. The summed E-state index contributed by atoms with van der Waals surface area (Å²) >= 11 is 6.74. The first-order valence-electron chi connectivity index (χ1n) is 10.3. The maximum atomic E-state index is 12.5. The monoisotopic (exact) mass is 579 g/mol. The fourth-order valence-corrected chi connectivity index (χ4v) is 3.87. The number of fused-ring (bicyclic) bond motifs is 1. The van der Waals surface area contributed by atoms with Crippen molar-refractivity contribution < 1.29 is 14.3 Å². The van der Waals surface area contributed by atoms with Crippen molar-refractivity contribution in [1.82, 2.24) is 5.43 Å². The van der Waals surface area contributed by atoms with E-state index in [1.165, 1.54) is 6.21 Å². The molecular weight excluding hydrogens is 562 g/mol. The second-order valence-electron chi connectivity index (χ2n) is 7.25. The average molecular weight is 581 g/mol. The Kier molecular flexibility index (Phi) is 7.72. The molecule has 0 unspecified atom stereocenters. The Morgan fingerprint density at radius 3 is 2.44 bits per heavy atom. The number of amides is 1. The molecule has 0 aromatic heterocycles. The molecule has 0 fully saturated rings.